The molecule has 51 heavy (non-hydrogen) atoms. The van der Waals surface area contributed by atoms with Gasteiger partial charge in [0.05, 0.1) is 13.2 Å². The van der Waals surface area contributed by atoms with Crippen molar-refractivity contribution in [1.82, 2.24) is 4.90 Å². The lowest BCUT2D eigenvalue weighted by Gasteiger charge is -2.21. The van der Waals surface area contributed by atoms with Crippen molar-refractivity contribution in [2.75, 3.05) is 32.8 Å². The maximum Gasteiger partial charge on any atom is 0.305 e. The summed E-state index contributed by atoms with van der Waals surface area (Å²) in [6.07, 6.45) is 41.2. The van der Waals surface area contributed by atoms with E-state index >= 15 is 0 Å². The molecule has 0 heterocycles. The number of aliphatic hydroxyl groups is 1. The molecule has 0 amide bonds. The Kier molecular flexibility index (Phi) is 46.3. The molecule has 0 aliphatic heterocycles. The minimum absolute atomic E-state index is 0.0112. The normalized spacial score (nSPS) is 11.3. The first kappa shape index (κ1) is 52.2. The van der Waals surface area contributed by atoms with Gasteiger partial charge in [-0.25, -0.2) is 0 Å². The summed E-state index contributed by atoms with van der Waals surface area (Å²) in [5.41, 5.74) is 0. The first-order chi connectivity index (χ1) is 25.0. The Labute approximate surface area is 320 Å². The minimum atomic E-state index is -0.0112. The number of ether oxygens (including phenoxy) is 1. The molecule has 5 heteroatoms. The Morgan fingerprint density at radius 3 is 1.22 bits per heavy atom. The van der Waals surface area contributed by atoms with E-state index in [-0.39, 0.29) is 12.6 Å². The van der Waals surface area contributed by atoms with Crippen molar-refractivity contribution in [2.24, 2.45) is 5.92 Å². The highest BCUT2D eigenvalue weighted by Crippen LogP contribution is 2.20. The van der Waals surface area contributed by atoms with E-state index in [4.69, 9.17) is 4.74 Å². The number of carbonyl (C=O) groups excluding carboxylic acids is 2. The van der Waals surface area contributed by atoms with E-state index < -0.39 is 0 Å². The van der Waals surface area contributed by atoms with Gasteiger partial charge in [-0.15, -0.1) is 0 Å². The zero-order valence-electron chi connectivity index (χ0n) is 35.6. The smallest absolute Gasteiger partial charge is 0.305 e. The third-order valence-electron chi connectivity index (χ3n) is 10.5. The SMILES string of the molecule is CCCCCCCCC(CCCCCCCC)C(C)=O.CCCCCCCCCC(=O)OCCCCCCCN(CCO)CCCCCCCC. The molecule has 0 bridgehead atoms. The van der Waals surface area contributed by atoms with E-state index in [1.165, 1.54) is 167 Å². The monoisotopic (exact) mass is 724 g/mol. The van der Waals surface area contributed by atoms with Crippen LogP contribution in [0.2, 0.25) is 0 Å². The van der Waals surface area contributed by atoms with E-state index in [2.05, 4.69) is 32.6 Å². The van der Waals surface area contributed by atoms with Gasteiger partial charge in [0.15, 0.2) is 0 Å². The quantitative estimate of drug-likeness (QED) is 0.0503. The second-order valence-electron chi connectivity index (χ2n) is 15.6. The number of ketones is 1. The predicted octanol–water partition coefficient (Wildman–Crippen LogP) is 14.0. The van der Waals surface area contributed by atoms with Gasteiger partial charge in [0.25, 0.3) is 0 Å². The molecule has 306 valence electrons. The molecule has 0 aliphatic rings. The van der Waals surface area contributed by atoms with Crippen LogP contribution in [0.3, 0.4) is 0 Å². The molecule has 5 nitrogen and oxygen atoms in total. The average molecular weight is 724 g/mol. The van der Waals surface area contributed by atoms with Crippen LogP contribution in [0.1, 0.15) is 247 Å². The van der Waals surface area contributed by atoms with Gasteiger partial charge >= 0.3 is 5.97 Å². The zero-order valence-corrected chi connectivity index (χ0v) is 35.6. The number of esters is 1. The Morgan fingerprint density at radius 2 is 0.824 bits per heavy atom. The molecule has 0 aromatic rings. The molecule has 1 N–H and O–H groups in total. The molecular formula is C46H93NO4. The highest BCUT2D eigenvalue weighted by Gasteiger charge is 2.13. The molecule has 0 fully saturated rings. The molecule has 0 aromatic heterocycles. The zero-order chi connectivity index (χ0) is 37.9. The summed E-state index contributed by atoms with van der Waals surface area (Å²) in [6, 6.07) is 0. The van der Waals surface area contributed by atoms with Crippen molar-refractivity contribution < 1.29 is 19.4 Å². The molecule has 0 rings (SSSR count). The fourth-order valence-corrected chi connectivity index (χ4v) is 6.94. The van der Waals surface area contributed by atoms with Gasteiger partial charge in [0.1, 0.15) is 5.78 Å². The fourth-order valence-electron chi connectivity index (χ4n) is 6.94. The van der Waals surface area contributed by atoms with Gasteiger partial charge in [-0.05, 0) is 58.5 Å². The van der Waals surface area contributed by atoms with E-state index in [1.807, 2.05) is 0 Å². The number of hydrogen-bond acceptors (Lipinski definition) is 5. The fraction of sp³-hybridized carbons (Fsp3) is 0.957. The van der Waals surface area contributed by atoms with E-state index in [0.29, 0.717) is 24.7 Å². The van der Waals surface area contributed by atoms with E-state index in [1.54, 1.807) is 6.92 Å². The van der Waals surface area contributed by atoms with Gasteiger partial charge in [-0.1, -0.05) is 195 Å². The van der Waals surface area contributed by atoms with Crippen LogP contribution in [0.4, 0.5) is 0 Å². The summed E-state index contributed by atoms with van der Waals surface area (Å²) in [7, 11) is 0. The van der Waals surface area contributed by atoms with Crippen molar-refractivity contribution in [1.29, 1.82) is 0 Å². The second-order valence-corrected chi connectivity index (χ2v) is 15.6. The third kappa shape index (κ3) is 43.4. The maximum atomic E-state index is 11.8. The van der Waals surface area contributed by atoms with Crippen LogP contribution in [-0.4, -0.2) is 54.6 Å². The lowest BCUT2D eigenvalue weighted by atomic mass is 9.91. The highest BCUT2D eigenvalue weighted by molar-refractivity contribution is 5.78. The first-order valence-electron chi connectivity index (χ1n) is 23.0. The topological polar surface area (TPSA) is 66.8 Å². The minimum Gasteiger partial charge on any atom is -0.466 e. The summed E-state index contributed by atoms with van der Waals surface area (Å²) in [6.45, 7) is 14.7. The van der Waals surface area contributed by atoms with Crippen molar-refractivity contribution in [3.63, 3.8) is 0 Å². The maximum absolute atomic E-state index is 11.8. The number of unbranched alkanes of at least 4 members (excludes halogenated alkanes) is 25. The van der Waals surface area contributed by atoms with Crippen LogP contribution in [0.5, 0.6) is 0 Å². The van der Waals surface area contributed by atoms with Gasteiger partial charge in [0.2, 0.25) is 0 Å². The summed E-state index contributed by atoms with van der Waals surface area (Å²) >= 11 is 0. The predicted molar refractivity (Wildman–Crippen MR) is 224 cm³/mol. The standard InChI is InChI=1S/C27H55NO3.C19H38O/c1-3-5-7-9-11-13-17-21-27(30)31-26-20-16-12-15-19-23-28(24-25-29)22-18-14-10-8-6-4-2;1-4-6-8-10-12-14-16-19(18(3)20)17-15-13-11-9-7-5-2/h29H,3-26H2,1-2H3;19H,4-17H2,1-3H3. The van der Waals surface area contributed by atoms with Crippen molar-refractivity contribution in [2.45, 2.75) is 247 Å². The van der Waals surface area contributed by atoms with Crippen molar-refractivity contribution in [3.8, 4) is 0 Å². The Hall–Kier alpha value is -0.940. The van der Waals surface area contributed by atoms with Crippen LogP contribution >= 0.6 is 0 Å². The lowest BCUT2D eigenvalue weighted by molar-refractivity contribution is -0.143. The molecule has 0 aliphatic carbocycles. The number of Topliss-reactive ketones (excluding diaryl/α,β-unsaturated/α-hetero) is 1. The molecule has 0 spiro atoms. The van der Waals surface area contributed by atoms with Crippen LogP contribution in [0.25, 0.3) is 0 Å². The highest BCUT2D eigenvalue weighted by atomic mass is 16.5. The Morgan fingerprint density at radius 1 is 0.471 bits per heavy atom. The lowest BCUT2D eigenvalue weighted by Crippen LogP contribution is -2.29. The molecule has 0 radical (unpaired) electrons. The van der Waals surface area contributed by atoms with Crippen LogP contribution in [0.15, 0.2) is 0 Å². The Bertz CT molecular complexity index is 668. The third-order valence-corrected chi connectivity index (χ3v) is 10.5. The molecular weight excluding hydrogens is 631 g/mol. The number of nitrogens with zero attached hydrogens (tertiary/aromatic N) is 1. The molecule has 0 unspecified atom stereocenters. The summed E-state index contributed by atoms with van der Waals surface area (Å²) in [5.74, 6) is 0.766. The average Bonchev–Trinajstić information content (AvgIpc) is 3.12. The Balaban J connectivity index is 0. The molecule has 0 saturated carbocycles. The van der Waals surface area contributed by atoms with E-state index in [9.17, 15) is 14.7 Å². The first-order valence-corrected chi connectivity index (χ1v) is 23.0. The molecule has 0 aromatic carbocycles. The van der Waals surface area contributed by atoms with Crippen LogP contribution in [0, 0.1) is 5.92 Å². The molecule has 0 saturated heterocycles. The molecule has 0 atom stereocenters. The number of aliphatic hydroxyl groups excluding tert-OH is 1. The largest absolute Gasteiger partial charge is 0.466 e. The van der Waals surface area contributed by atoms with Gasteiger partial charge in [-0.2, -0.15) is 0 Å². The second kappa shape index (κ2) is 45.2. The van der Waals surface area contributed by atoms with Crippen LogP contribution in [-0.2, 0) is 14.3 Å². The summed E-state index contributed by atoms with van der Waals surface area (Å²) in [5, 5.41) is 9.28. The number of carbonyl (C=O) groups is 2. The summed E-state index contributed by atoms with van der Waals surface area (Å²) in [4.78, 5) is 25.9. The van der Waals surface area contributed by atoms with E-state index in [0.717, 1.165) is 58.2 Å². The van der Waals surface area contributed by atoms with Crippen LogP contribution < -0.4 is 0 Å². The summed E-state index contributed by atoms with van der Waals surface area (Å²) < 4.78 is 5.37. The van der Waals surface area contributed by atoms with Gasteiger partial charge in [-0.3, -0.25) is 9.59 Å². The van der Waals surface area contributed by atoms with Crippen molar-refractivity contribution in [3.05, 3.63) is 0 Å². The van der Waals surface area contributed by atoms with Gasteiger partial charge < -0.3 is 14.7 Å². The van der Waals surface area contributed by atoms with Gasteiger partial charge in [0, 0.05) is 18.9 Å². The van der Waals surface area contributed by atoms with Crippen molar-refractivity contribution >= 4 is 11.8 Å². The number of rotatable bonds is 40. The number of hydrogen-bond donors (Lipinski definition) is 1.